The number of hydrogen-bond donors (Lipinski definition) is 2. The summed E-state index contributed by atoms with van der Waals surface area (Å²) in [4.78, 5) is 4.78. The molecule has 0 heterocycles. The average molecular weight is 256 g/mol. The molecule has 1 aromatic rings. The molecule has 0 unspecified atom stereocenters. The van der Waals surface area contributed by atoms with Crippen LogP contribution >= 0.6 is 0 Å². The third-order valence-corrected chi connectivity index (χ3v) is 4.18. The van der Waals surface area contributed by atoms with E-state index >= 15 is 0 Å². The minimum atomic E-state index is -3.34. The van der Waals surface area contributed by atoms with Crippen molar-refractivity contribution in [2.24, 2.45) is 5.90 Å². The molecule has 2 rings (SSSR count). The summed E-state index contributed by atoms with van der Waals surface area (Å²) in [5, 5.41) is 0. The first-order valence-electron chi connectivity index (χ1n) is 5.55. The Morgan fingerprint density at radius 3 is 2.47 bits per heavy atom. The molecule has 1 saturated carbocycles. The van der Waals surface area contributed by atoms with Crippen molar-refractivity contribution in [1.29, 1.82) is 0 Å². The van der Waals surface area contributed by atoms with Gasteiger partial charge in [-0.15, -0.1) is 0 Å². The number of sulfonamides is 1. The number of benzene rings is 1. The Bertz CT molecular complexity index is 466. The lowest BCUT2D eigenvalue weighted by Gasteiger charge is -2.06. The summed E-state index contributed by atoms with van der Waals surface area (Å²) in [6.45, 7) is 0.423. The Labute approximate surface area is 101 Å². The van der Waals surface area contributed by atoms with E-state index in [2.05, 4.69) is 9.56 Å². The Kier molecular flexibility index (Phi) is 3.78. The smallest absolute Gasteiger partial charge is 0.240 e. The topological polar surface area (TPSA) is 81.4 Å². The van der Waals surface area contributed by atoms with Gasteiger partial charge in [-0.25, -0.2) is 19.0 Å². The SMILES string of the molecule is NOCCc1ccc(S(=O)(=O)NC2CC2)cc1. The van der Waals surface area contributed by atoms with E-state index in [1.807, 2.05) is 0 Å². The maximum atomic E-state index is 11.9. The Balaban J connectivity index is 2.05. The summed E-state index contributed by atoms with van der Waals surface area (Å²) < 4.78 is 26.3. The molecule has 0 aliphatic heterocycles. The van der Waals surface area contributed by atoms with Gasteiger partial charge in [-0.1, -0.05) is 12.1 Å². The predicted octanol–water partition coefficient (Wildman–Crippen LogP) is 0.560. The molecule has 17 heavy (non-hydrogen) atoms. The van der Waals surface area contributed by atoms with E-state index in [9.17, 15) is 8.42 Å². The predicted molar refractivity (Wildman–Crippen MR) is 63.6 cm³/mol. The Morgan fingerprint density at radius 2 is 1.94 bits per heavy atom. The van der Waals surface area contributed by atoms with Gasteiger partial charge in [-0.05, 0) is 37.0 Å². The molecule has 3 N–H and O–H groups in total. The van der Waals surface area contributed by atoms with Crippen LogP contribution in [0.25, 0.3) is 0 Å². The van der Waals surface area contributed by atoms with Gasteiger partial charge in [-0.3, -0.25) is 0 Å². The Hall–Kier alpha value is -0.950. The first-order chi connectivity index (χ1) is 8.12. The monoisotopic (exact) mass is 256 g/mol. The van der Waals surface area contributed by atoms with E-state index in [1.54, 1.807) is 24.3 Å². The minimum Gasteiger partial charge on any atom is -0.304 e. The molecular weight excluding hydrogens is 240 g/mol. The fraction of sp³-hybridized carbons (Fsp3) is 0.455. The highest BCUT2D eigenvalue weighted by molar-refractivity contribution is 7.89. The Morgan fingerprint density at radius 1 is 1.29 bits per heavy atom. The van der Waals surface area contributed by atoms with Crippen LogP contribution < -0.4 is 10.6 Å². The number of nitrogens with two attached hydrogens (primary N) is 1. The van der Waals surface area contributed by atoms with Crippen LogP contribution in [0.15, 0.2) is 29.2 Å². The van der Waals surface area contributed by atoms with Crippen LogP contribution in [0.5, 0.6) is 0 Å². The normalized spacial score (nSPS) is 16.1. The zero-order valence-electron chi connectivity index (χ0n) is 9.43. The summed E-state index contributed by atoms with van der Waals surface area (Å²) in [6.07, 6.45) is 2.54. The highest BCUT2D eigenvalue weighted by atomic mass is 32.2. The van der Waals surface area contributed by atoms with Gasteiger partial charge >= 0.3 is 0 Å². The summed E-state index contributed by atoms with van der Waals surface area (Å²) in [5.41, 5.74) is 1.00. The van der Waals surface area contributed by atoms with Crippen LogP contribution in [0.4, 0.5) is 0 Å². The van der Waals surface area contributed by atoms with Crippen molar-refractivity contribution in [1.82, 2.24) is 4.72 Å². The van der Waals surface area contributed by atoms with Crippen molar-refractivity contribution in [2.45, 2.75) is 30.2 Å². The molecule has 0 spiro atoms. The van der Waals surface area contributed by atoms with Gasteiger partial charge in [0.25, 0.3) is 0 Å². The molecule has 0 aromatic heterocycles. The molecule has 5 nitrogen and oxygen atoms in total. The minimum absolute atomic E-state index is 0.130. The summed E-state index contributed by atoms with van der Waals surface area (Å²) in [7, 11) is -3.34. The molecule has 1 aliphatic carbocycles. The van der Waals surface area contributed by atoms with Gasteiger partial charge in [0.15, 0.2) is 0 Å². The standard InChI is InChI=1S/C11H16N2O3S/c12-16-8-7-9-1-5-11(6-2-9)17(14,15)13-10-3-4-10/h1-2,5-6,10,13H,3-4,7-8,12H2. The van der Waals surface area contributed by atoms with E-state index in [4.69, 9.17) is 5.90 Å². The van der Waals surface area contributed by atoms with Gasteiger partial charge in [0.05, 0.1) is 11.5 Å². The largest absolute Gasteiger partial charge is 0.304 e. The lowest BCUT2D eigenvalue weighted by Crippen LogP contribution is -2.25. The summed E-state index contributed by atoms with van der Waals surface area (Å²) in [6, 6.07) is 6.90. The van der Waals surface area contributed by atoms with Gasteiger partial charge in [0.1, 0.15) is 0 Å². The van der Waals surface area contributed by atoms with Gasteiger partial charge in [0.2, 0.25) is 10.0 Å². The molecule has 0 radical (unpaired) electrons. The average Bonchev–Trinajstić information content (AvgIpc) is 3.10. The first kappa shape index (κ1) is 12.5. The van der Waals surface area contributed by atoms with Gasteiger partial charge in [0, 0.05) is 6.04 Å². The van der Waals surface area contributed by atoms with Crippen molar-refractivity contribution in [3.63, 3.8) is 0 Å². The van der Waals surface area contributed by atoms with E-state index in [0.717, 1.165) is 18.4 Å². The second-order valence-corrected chi connectivity index (χ2v) is 5.87. The van der Waals surface area contributed by atoms with Crippen molar-refractivity contribution in [2.75, 3.05) is 6.61 Å². The fourth-order valence-electron chi connectivity index (χ4n) is 1.50. The quantitative estimate of drug-likeness (QED) is 0.729. The van der Waals surface area contributed by atoms with Crippen molar-refractivity contribution < 1.29 is 13.3 Å². The lowest BCUT2D eigenvalue weighted by molar-refractivity contribution is 0.141. The van der Waals surface area contributed by atoms with Gasteiger partial charge < -0.3 is 4.84 Å². The fourth-order valence-corrected chi connectivity index (χ4v) is 2.81. The number of rotatable bonds is 6. The molecule has 1 aromatic carbocycles. The second-order valence-electron chi connectivity index (χ2n) is 4.16. The van der Waals surface area contributed by atoms with E-state index < -0.39 is 10.0 Å². The van der Waals surface area contributed by atoms with E-state index in [0.29, 0.717) is 17.9 Å². The van der Waals surface area contributed by atoms with Crippen LogP contribution in [0.3, 0.4) is 0 Å². The van der Waals surface area contributed by atoms with Crippen LogP contribution in [0.1, 0.15) is 18.4 Å². The molecule has 6 heteroatoms. The highest BCUT2D eigenvalue weighted by Gasteiger charge is 2.27. The van der Waals surface area contributed by atoms with Crippen molar-refractivity contribution in [3.8, 4) is 0 Å². The molecule has 0 atom stereocenters. The van der Waals surface area contributed by atoms with Crippen LogP contribution in [0.2, 0.25) is 0 Å². The molecular formula is C11H16N2O3S. The lowest BCUT2D eigenvalue weighted by atomic mass is 10.2. The first-order valence-corrected chi connectivity index (χ1v) is 7.03. The highest BCUT2D eigenvalue weighted by Crippen LogP contribution is 2.22. The molecule has 94 valence electrons. The molecule has 1 fully saturated rings. The second kappa shape index (κ2) is 5.14. The van der Waals surface area contributed by atoms with Crippen LogP contribution in [0, 0.1) is 0 Å². The van der Waals surface area contributed by atoms with Crippen molar-refractivity contribution in [3.05, 3.63) is 29.8 Å². The van der Waals surface area contributed by atoms with Gasteiger partial charge in [-0.2, -0.15) is 0 Å². The maximum Gasteiger partial charge on any atom is 0.240 e. The number of hydrogen-bond acceptors (Lipinski definition) is 4. The maximum absolute atomic E-state index is 11.9. The number of nitrogens with one attached hydrogen (secondary N) is 1. The molecule has 0 amide bonds. The molecule has 1 aliphatic rings. The zero-order valence-corrected chi connectivity index (χ0v) is 10.2. The third kappa shape index (κ3) is 3.50. The zero-order chi connectivity index (χ0) is 12.3. The molecule has 0 saturated heterocycles. The van der Waals surface area contributed by atoms with E-state index in [-0.39, 0.29) is 6.04 Å². The van der Waals surface area contributed by atoms with Crippen LogP contribution in [-0.2, 0) is 21.3 Å². The van der Waals surface area contributed by atoms with Crippen molar-refractivity contribution >= 4 is 10.0 Å². The van der Waals surface area contributed by atoms with Crippen LogP contribution in [-0.4, -0.2) is 21.1 Å². The summed E-state index contributed by atoms with van der Waals surface area (Å²) >= 11 is 0. The molecule has 0 bridgehead atoms. The summed E-state index contributed by atoms with van der Waals surface area (Å²) in [5.74, 6) is 4.93. The third-order valence-electron chi connectivity index (χ3n) is 2.64. The van der Waals surface area contributed by atoms with E-state index in [1.165, 1.54) is 0 Å².